The number of rotatable bonds is 4. The smallest absolute Gasteiger partial charge is 0.247 e. The second kappa shape index (κ2) is 6.65. The third kappa shape index (κ3) is 3.30. The van der Waals surface area contributed by atoms with Gasteiger partial charge in [0.05, 0.1) is 0 Å². The molecule has 3 heterocycles. The van der Waals surface area contributed by atoms with E-state index in [0.717, 1.165) is 32.7 Å². The number of carbonyl (C=O) groups excluding carboxylic acids is 1. The summed E-state index contributed by atoms with van der Waals surface area (Å²) in [5, 5.41) is 4.04. The molecule has 0 unspecified atom stereocenters. The molecule has 2 aromatic rings. The van der Waals surface area contributed by atoms with Crippen LogP contribution < -0.4 is 0 Å². The van der Waals surface area contributed by atoms with Gasteiger partial charge in [0, 0.05) is 45.1 Å². The largest absolute Gasteiger partial charge is 0.338 e. The summed E-state index contributed by atoms with van der Waals surface area (Å²) in [6.07, 6.45) is 6.72. The van der Waals surface area contributed by atoms with E-state index >= 15 is 0 Å². The molecule has 1 aliphatic heterocycles. The lowest BCUT2D eigenvalue weighted by atomic mass is 10.2. The molecule has 1 atom stereocenters. The van der Waals surface area contributed by atoms with Crippen molar-refractivity contribution in [2.24, 2.45) is 0 Å². The van der Waals surface area contributed by atoms with Gasteiger partial charge in [-0.2, -0.15) is 5.10 Å². The van der Waals surface area contributed by atoms with E-state index in [-0.39, 0.29) is 11.9 Å². The van der Waals surface area contributed by atoms with E-state index in [9.17, 15) is 4.79 Å². The van der Waals surface area contributed by atoms with Gasteiger partial charge in [-0.05, 0) is 18.6 Å². The minimum absolute atomic E-state index is 0.103. The van der Waals surface area contributed by atoms with Gasteiger partial charge in [0.2, 0.25) is 5.91 Å². The molecule has 7 heteroatoms. The Labute approximate surface area is 129 Å². The first-order chi connectivity index (χ1) is 10.7. The molecule has 0 N–H and O–H groups in total. The van der Waals surface area contributed by atoms with Crippen molar-refractivity contribution in [1.82, 2.24) is 29.5 Å². The molecule has 2 aromatic heterocycles. The Morgan fingerprint density at radius 1 is 1.27 bits per heavy atom. The number of pyridine rings is 1. The van der Waals surface area contributed by atoms with Crippen molar-refractivity contribution >= 4 is 5.91 Å². The first-order valence-corrected chi connectivity index (χ1v) is 7.48. The Balaban J connectivity index is 1.52. The second-order valence-electron chi connectivity index (χ2n) is 5.51. The summed E-state index contributed by atoms with van der Waals surface area (Å²) < 4.78 is 1.60. The van der Waals surface area contributed by atoms with Gasteiger partial charge in [-0.15, -0.1) is 0 Å². The standard InChI is InChI=1S/C15H20N6O/c1-13(21-12-17-11-18-21)15(22)20-7-5-19(6-8-20)10-14-3-2-4-16-9-14/h2-4,9,11-13H,5-8,10H2,1H3/t13-/m1/s1. The third-order valence-corrected chi connectivity index (χ3v) is 4.00. The SMILES string of the molecule is C[C@H](C(=O)N1CCN(Cc2cccnc2)CC1)n1cncn1. The molecule has 3 rings (SSSR count). The summed E-state index contributed by atoms with van der Waals surface area (Å²) in [7, 11) is 0. The summed E-state index contributed by atoms with van der Waals surface area (Å²) in [4.78, 5) is 24.8. The number of nitrogens with zero attached hydrogens (tertiary/aromatic N) is 6. The number of piperazine rings is 1. The normalized spacial score (nSPS) is 17.4. The minimum atomic E-state index is -0.299. The average molecular weight is 300 g/mol. The predicted molar refractivity (Wildman–Crippen MR) is 80.8 cm³/mol. The maximum atomic E-state index is 12.5. The van der Waals surface area contributed by atoms with Crippen LogP contribution in [0, 0.1) is 0 Å². The van der Waals surface area contributed by atoms with E-state index in [4.69, 9.17) is 0 Å². The van der Waals surface area contributed by atoms with Gasteiger partial charge in [-0.1, -0.05) is 6.07 Å². The first kappa shape index (κ1) is 14.6. The molecule has 0 radical (unpaired) electrons. The molecule has 0 saturated carbocycles. The van der Waals surface area contributed by atoms with Crippen molar-refractivity contribution < 1.29 is 4.79 Å². The summed E-state index contributed by atoms with van der Waals surface area (Å²) in [6.45, 7) is 6.00. The van der Waals surface area contributed by atoms with E-state index in [1.54, 1.807) is 17.2 Å². The Hall–Kier alpha value is -2.28. The topological polar surface area (TPSA) is 67.2 Å². The molecule has 116 valence electrons. The molecule has 0 bridgehead atoms. The number of aromatic nitrogens is 4. The van der Waals surface area contributed by atoms with Crippen molar-refractivity contribution in [3.05, 3.63) is 42.7 Å². The van der Waals surface area contributed by atoms with Gasteiger partial charge in [-0.3, -0.25) is 14.7 Å². The average Bonchev–Trinajstić information content (AvgIpc) is 3.10. The number of amides is 1. The van der Waals surface area contributed by atoms with Crippen LogP contribution in [0.4, 0.5) is 0 Å². The zero-order valence-electron chi connectivity index (χ0n) is 12.7. The highest BCUT2D eigenvalue weighted by Crippen LogP contribution is 2.12. The molecule has 1 fully saturated rings. The van der Waals surface area contributed by atoms with Crippen LogP contribution in [0.25, 0.3) is 0 Å². The summed E-state index contributed by atoms with van der Waals surface area (Å²) in [5.74, 6) is 0.103. The molecule has 0 aromatic carbocycles. The molecule has 0 spiro atoms. The molecular formula is C15H20N6O. The Bertz CT molecular complexity index is 592. The summed E-state index contributed by atoms with van der Waals surface area (Å²) in [5.41, 5.74) is 1.21. The van der Waals surface area contributed by atoms with E-state index in [1.165, 1.54) is 11.9 Å². The zero-order chi connectivity index (χ0) is 15.4. The highest BCUT2D eigenvalue weighted by atomic mass is 16.2. The summed E-state index contributed by atoms with van der Waals surface area (Å²) >= 11 is 0. The fourth-order valence-electron chi connectivity index (χ4n) is 2.67. The predicted octanol–water partition coefficient (Wildman–Crippen LogP) is 0.578. The molecule has 7 nitrogen and oxygen atoms in total. The van der Waals surface area contributed by atoms with Crippen LogP contribution in [0.5, 0.6) is 0 Å². The molecule has 0 aliphatic carbocycles. The lowest BCUT2D eigenvalue weighted by Crippen LogP contribution is -2.49. The second-order valence-corrected chi connectivity index (χ2v) is 5.51. The van der Waals surface area contributed by atoms with Crippen LogP contribution in [0.1, 0.15) is 18.5 Å². The van der Waals surface area contributed by atoms with Gasteiger partial charge in [0.25, 0.3) is 0 Å². The number of hydrogen-bond donors (Lipinski definition) is 0. The van der Waals surface area contributed by atoms with Crippen molar-refractivity contribution in [1.29, 1.82) is 0 Å². The van der Waals surface area contributed by atoms with E-state index < -0.39 is 0 Å². The van der Waals surface area contributed by atoms with Crippen molar-refractivity contribution in [2.75, 3.05) is 26.2 Å². The Kier molecular flexibility index (Phi) is 4.43. The van der Waals surface area contributed by atoms with Crippen LogP contribution in [0.3, 0.4) is 0 Å². The Morgan fingerprint density at radius 3 is 2.73 bits per heavy atom. The zero-order valence-corrected chi connectivity index (χ0v) is 12.7. The highest BCUT2D eigenvalue weighted by Gasteiger charge is 2.26. The van der Waals surface area contributed by atoms with Crippen LogP contribution in [-0.2, 0) is 11.3 Å². The maximum Gasteiger partial charge on any atom is 0.247 e. The van der Waals surface area contributed by atoms with Gasteiger partial charge >= 0.3 is 0 Å². The molecular weight excluding hydrogens is 280 g/mol. The van der Waals surface area contributed by atoms with Gasteiger partial charge in [0.15, 0.2) is 0 Å². The molecule has 1 saturated heterocycles. The molecule has 22 heavy (non-hydrogen) atoms. The van der Waals surface area contributed by atoms with Crippen LogP contribution in [0.15, 0.2) is 37.2 Å². The van der Waals surface area contributed by atoms with Gasteiger partial charge < -0.3 is 4.90 Å². The fourth-order valence-corrected chi connectivity index (χ4v) is 2.67. The van der Waals surface area contributed by atoms with Gasteiger partial charge in [0.1, 0.15) is 18.7 Å². The van der Waals surface area contributed by atoms with Crippen LogP contribution in [0.2, 0.25) is 0 Å². The molecule has 1 amide bonds. The van der Waals surface area contributed by atoms with E-state index in [2.05, 4.69) is 26.0 Å². The summed E-state index contributed by atoms with van der Waals surface area (Å²) in [6, 6.07) is 3.74. The fraction of sp³-hybridized carbons (Fsp3) is 0.467. The van der Waals surface area contributed by atoms with Crippen molar-refractivity contribution in [2.45, 2.75) is 19.5 Å². The van der Waals surface area contributed by atoms with E-state index in [0.29, 0.717) is 0 Å². The maximum absolute atomic E-state index is 12.5. The minimum Gasteiger partial charge on any atom is -0.338 e. The van der Waals surface area contributed by atoms with Gasteiger partial charge in [-0.25, -0.2) is 9.67 Å². The van der Waals surface area contributed by atoms with Crippen LogP contribution >= 0.6 is 0 Å². The highest BCUT2D eigenvalue weighted by molar-refractivity contribution is 5.80. The quantitative estimate of drug-likeness (QED) is 0.826. The van der Waals surface area contributed by atoms with Crippen molar-refractivity contribution in [3.63, 3.8) is 0 Å². The Morgan fingerprint density at radius 2 is 2.09 bits per heavy atom. The van der Waals surface area contributed by atoms with E-state index in [1.807, 2.05) is 24.1 Å². The van der Waals surface area contributed by atoms with Crippen molar-refractivity contribution in [3.8, 4) is 0 Å². The molecule has 1 aliphatic rings. The first-order valence-electron chi connectivity index (χ1n) is 7.48. The van der Waals surface area contributed by atoms with Crippen LogP contribution in [-0.4, -0.2) is 61.6 Å². The lowest BCUT2D eigenvalue weighted by molar-refractivity contribution is -0.136. The number of carbonyl (C=O) groups is 1. The number of hydrogen-bond acceptors (Lipinski definition) is 5. The third-order valence-electron chi connectivity index (χ3n) is 4.00. The monoisotopic (exact) mass is 300 g/mol. The lowest BCUT2D eigenvalue weighted by Gasteiger charge is -2.35.